The predicted octanol–water partition coefficient (Wildman–Crippen LogP) is 3.95. The second-order valence-corrected chi connectivity index (χ2v) is 3.96. The molecule has 0 spiro atoms. The van der Waals surface area contributed by atoms with Crippen molar-refractivity contribution in [2.75, 3.05) is 5.73 Å². The van der Waals surface area contributed by atoms with Gasteiger partial charge in [-0.25, -0.2) is 0 Å². The molecule has 20 heavy (non-hydrogen) atoms. The summed E-state index contributed by atoms with van der Waals surface area (Å²) in [7, 11) is 0. The molecule has 3 nitrogen and oxygen atoms in total. The summed E-state index contributed by atoms with van der Waals surface area (Å²) in [5.74, 6) is -0.345. The van der Waals surface area contributed by atoms with Crippen molar-refractivity contribution in [3.8, 4) is 17.6 Å². The first-order valence-electron chi connectivity index (χ1n) is 5.55. The molecule has 0 bridgehead atoms. The molecule has 0 unspecified atom stereocenters. The van der Waals surface area contributed by atoms with Crippen LogP contribution in [-0.2, 0) is 6.18 Å². The van der Waals surface area contributed by atoms with E-state index in [0.29, 0.717) is 0 Å². The normalized spacial score (nSPS) is 10.9. The number of anilines is 1. The van der Waals surface area contributed by atoms with Gasteiger partial charge >= 0.3 is 6.18 Å². The minimum Gasteiger partial charge on any atom is -0.455 e. The second-order valence-electron chi connectivity index (χ2n) is 3.96. The summed E-state index contributed by atoms with van der Waals surface area (Å²) < 4.78 is 43.7. The molecule has 0 heterocycles. The molecule has 0 aliphatic heterocycles. The maximum Gasteiger partial charge on any atom is 0.419 e. The van der Waals surface area contributed by atoms with E-state index in [-0.39, 0.29) is 22.7 Å². The Kier molecular flexibility index (Phi) is 3.53. The number of para-hydroxylation sites is 1. The number of halogens is 3. The maximum absolute atomic E-state index is 12.8. The number of hydrogen-bond donors (Lipinski definition) is 1. The molecule has 0 radical (unpaired) electrons. The summed E-state index contributed by atoms with van der Waals surface area (Å²) in [6, 6.07) is 10.8. The summed E-state index contributed by atoms with van der Waals surface area (Å²) in [5.41, 5.74) is 5.14. The molecular weight excluding hydrogens is 269 g/mol. The smallest absolute Gasteiger partial charge is 0.419 e. The third-order valence-corrected chi connectivity index (χ3v) is 2.56. The van der Waals surface area contributed by atoms with Gasteiger partial charge in [-0.15, -0.1) is 0 Å². The van der Waals surface area contributed by atoms with Gasteiger partial charge in [-0.05, 0) is 24.3 Å². The highest BCUT2D eigenvalue weighted by Crippen LogP contribution is 2.39. The third kappa shape index (κ3) is 2.83. The first-order chi connectivity index (χ1) is 9.41. The SMILES string of the molecule is N#Cc1ccc(N)c(Oc2ccccc2C(F)(F)F)c1. The number of nitrogens with zero attached hydrogens (tertiary/aromatic N) is 1. The van der Waals surface area contributed by atoms with E-state index in [1.165, 1.54) is 36.4 Å². The number of nitrogen functional groups attached to an aromatic ring is 1. The minimum absolute atomic E-state index is 0.0146. The monoisotopic (exact) mass is 278 g/mol. The number of rotatable bonds is 2. The molecular formula is C14H9F3N2O. The van der Waals surface area contributed by atoms with E-state index < -0.39 is 11.7 Å². The molecule has 0 amide bonds. The van der Waals surface area contributed by atoms with Crippen LogP contribution in [0, 0.1) is 11.3 Å². The Balaban J connectivity index is 2.44. The zero-order valence-corrected chi connectivity index (χ0v) is 10.1. The average Bonchev–Trinajstić information content (AvgIpc) is 2.41. The van der Waals surface area contributed by atoms with E-state index in [9.17, 15) is 13.2 Å². The molecule has 0 aromatic heterocycles. The van der Waals surface area contributed by atoms with E-state index in [1.807, 2.05) is 6.07 Å². The van der Waals surface area contributed by atoms with Gasteiger partial charge in [0.1, 0.15) is 5.75 Å². The minimum atomic E-state index is -4.53. The van der Waals surface area contributed by atoms with Gasteiger partial charge in [0.2, 0.25) is 0 Å². The van der Waals surface area contributed by atoms with Crippen molar-refractivity contribution in [1.29, 1.82) is 5.26 Å². The van der Waals surface area contributed by atoms with Gasteiger partial charge < -0.3 is 10.5 Å². The number of nitriles is 1. The van der Waals surface area contributed by atoms with Crippen molar-refractivity contribution >= 4 is 5.69 Å². The Morgan fingerprint density at radius 3 is 2.40 bits per heavy atom. The van der Waals surface area contributed by atoms with Gasteiger partial charge in [-0.3, -0.25) is 0 Å². The van der Waals surface area contributed by atoms with E-state index in [4.69, 9.17) is 15.7 Å². The van der Waals surface area contributed by atoms with Crippen LogP contribution >= 0.6 is 0 Å². The van der Waals surface area contributed by atoms with Crippen LogP contribution in [0.4, 0.5) is 18.9 Å². The molecule has 0 aliphatic rings. The summed E-state index contributed by atoms with van der Waals surface area (Å²) in [6.07, 6.45) is -4.53. The summed E-state index contributed by atoms with van der Waals surface area (Å²) in [6.45, 7) is 0. The molecule has 2 aromatic carbocycles. The van der Waals surface area contributed by atoms with Gasteiger partial charge in [0.25, 0.3) is 0 Å². The Morgan fingerprint density at radius 1 is 1.05 bits per heavy atom. The van der Waals surface area contributed by atoms with Crippen molar-refractivity contribution in [3.63, 3.8) is 0 Å². The number of nitrogens with two attached hydrogens (primary N) is 1. The molecule has 0 saturated carbocycles. The number of alkyl halides is 3. The van der Waals surface area contributed by atoms with E-state index in [1.54, 1.807) is 0 Å². The lowest BCUT2D eigenvalue weighted by atomic mass is 10.2. The molecule has 102 valence electrons. The van der Waals surface area contributed by atoms with Crippen LogP contribution in [0.25, 0.3) is 0 Å². The maximum atomic E-state index is 12.8. The van der Waals surface area contributed by atoms with Gasteiger partial charge in [-0.1, -0.05) is 12.1 Å². The summed E-state index contributed by atoms with van der Waals surface area (Å²) in [5, 5.41) is 8.78. The fraction of sp³-hybridized carbons (Fsp3) is 0.0714. The lowest BCUT2D eigenvalue weighted by Crippen LogP contribution is -2.07. The van der Waals surface area contributed by atoms with Crippen LogP contribution in [0.15, 0.2) is 42.5 Å². The fourth-order valence-electron chi connectivity index (χ4n) is 1.60. The predicted molar refractivity (Wildman–Crippen MR) is 67.1 cm³/mol. The van der Waals surface area contributed by atoms with E-state index in [2.05, 4.69) is 0 Å². The Hall–Kier alpha value is -2.68. The Morgan fingerprint density at radius 2 is 1.75 bits per heavy atom. The fourth-order valence-corrected chi connectivity index (χ4v) is 1.60. The zero-order chi connectivity index (χ0) is 14.8. The molecule has 2 rings (SSSR count). The highest BCUT2D eigenvalue weighted by atomic mass is 19.4. The van der Waals surface area contributed by atoms with Crippen LogP contribution in [0.1, 0.15) is 11.1 Å². The average molecular weight is 278 g/mol. The number of benzene rings is 2. The number of hydrogen-bond acceptors (Lipinski definition) is 3. The molecule has 6 heteroatoms. The lowest BCUT2D eigenvalue weighted by molar-refractivity contribution is -0.138. The highest BCUT2D eigenvalue weighted by Gasteiger charge is 2.34. The first kappa shape index (κ1) is 13.7. The Labute approximate surface area is 113 Å². The van der Waals surface area contributed by atoms with Crippen molar-refractivity contribution in [3.05, 3.63) is 53.6 Å². The van der Waals surface area contributed by atoms with Crippen LogP contribution in [0.5, 0.6) is 11.5 Å². The summed E-state index contributed by atoms with van der Waals surface area (Å²) >= 11 is 0. The third-order valence-electron chi connectivity index (χ3n) is 2.56. The molecule has 0 aliphatic carbocycles. The molecule has 0 fully saturated rings. The van der Waals surface area contributed by atoms with Crippen LogP contribution < -0.4 is 10.5 Å². The zero-order valence-electron chi connectivity index (χ0n) is 10.1. The lowest BCUT2D eigenvalue weighted by Gasteiger charge is -2.14. The number of ether oxygens (including phenoxy) is 1. The second kappa shape index (κ2) is 5.13. The van der Waals surface area contributed by atoms with Crippen molar-refractivity contribution in [2.45, 2.75) is 6.18 Å². The van der Waals surface area contributed by atoms with Crippen LogP contribution in [0.2, 0.25) is 0 Å². The van der Waals surface area contributed by atoms with Gasteiger partial charge in [0.15, 0.2) is 5.75 Å². The molecule has 0 saturated heterocycles. The van der Waals surface area contributed by atoms with Crippen LogP contribution in [0.3, 0.4) is 0 Å². The van der Waals surface area contributed by atoms with Gasteiger partial charge in [-0.2, -0.15) is 18.4 Å². The summed E-state index contributed by atoms with van der Waals surface area (Å²) in [4.78, 5) is 0. The highest BCUT2D eigenvalue weighted by molar-refractivity contribution is 5.58. The topological polar surface area (TPSA) is 59.0 Å². The first-order valence-corrected chi connectivity index (χ1v) is 5.55. The van der Waals surface area contributed by atoms with Crippen molar-refractivity contribution in [2.24, 2.45) is 0 Å². The van der Waals surface area contributed by atoms with E-state index >= 15 is 0 Å². The van der Waals surface area contributed by atoms with Crippen LogP contribution in [-0.4, -0.2) is 0 Å². The molecule has 0 atom stereocenters. The Bertz CT molecular complexity index is 675. The molecule has 2 N–H and O–H groups in total. The van der Waals surface area contributed by atoms with Crippen molar-refractivity contribution in [1.82, 2.24) is 0 Å². The van der Waals surface area contributed by atoms with E-state index in [0.717, 1.165) is 6.07 Å². The van der Waals surface area contributed by atoms with Gasteiger partial charge in [0, 0.05) is 6.07 Å². The molecule has 2 aromatic rings. The quantitative estimate of drug-likeness (QED) is 0.846. The standard InChI is InChI=1S/C14H9F3N2O/c15-14(16,17)10-3-1-2-4-12(10)20-13-7-9(8-18)5-6-11(13)19/h1-7H,19H2. The largest absolute Gasteiger partial charge is 0.455 e. The van der Waals surface area contributed by atoms with Gasteiger partial charge in [0.05, 0.1) is 22.9 Å². The van der Waals surface area contributed by atoms with Crippen molar-refractivity contribution < 1.29 is 17.9 Å².